The molecule has 116 valence electrons. The maximum Gasteiger partial charge on any atom is 0.166 e. The molecule has 3 aromatic rings. The molecule has 0 fully saturated rings. The molecule has 0 bridgehead atoms. The molecule has 0 saturated heterocycles. The van der Waals surface area contributed by atoms with Gasteiger partial charge in [0.1, 0.15) is 18.2 Å². The molecular weight excluding hydrogens is 301 g/mol. The van der Waals surface area contributed by atoms with Crippen molar-refractivity contribution < 1.29 is 17.9 Å². The highest BCUT2D eigenvalue weighted by molar-refractivity contribution is 5.65. The van der Waals surface area contributed by atoms with Gasteiger partial charge in [-0.05, 0) is 23.8 Å². The lowest BCUT2D eigenvalue weighted by molar-refractivity contribution is 0.304. The summed E-state index contributed by atoms with van der Waals surface area (Å²) in [5, 5.41) is 0. The van der Waals surface area contributed by atoms with Gasteiger partial charge in [0.05, 0.1) is 0 Å². The molecule has 0 saturated carbocycles. The van der Waals surface area contributed by atoms with E-state index in [0.717, 1.165) is 11.6 Å². The molecule has 1 nitrogen and oxygen atoms in total. The summed E-state index contributed by atoms with van der Waals surface area (Å²) < 4.78 is 46.7. The van der Waals surface area contributed by atoms with E-state index in [1.54, 1.807) is 0 Å². The lowest BCUT2D eigenvalue weighted by Crippen LogP contribution is -1.97. The second kappa shape index (κ2) is 6.57. The summed E-state index contributed by atoms with van der Waals surface area (Å²) in [6.07, 6.45) is 0. The van der Waals surface area contributed by atoms with Crippen molar-refractivity contribution in [1.82, 2.24) is 0 Å². The van der Waals surface area contributed by atoms with Gasteiger partial charge in [0.2, 0.25) is 0 Å². The molecular formula is C19H13F3O. The minimum atomic E-state index is -1.07. The van der Waals surface area contributed by atoms with Gasteiger partial charge in [-0.1, -0.05) is 42.5 Å². The van der Waals surface area contributed by atoms with E-state index in [0.29, 0.717) is 12.4 Å². The first-order valence-electron chi connectivity index (χ1n) is 7.06. The second-order valence-electron chi connectivity index (χ2n) is 5.02. The molecule has 0 aliphatic heterocycles. The Labute approximate surface area is 132 Å². The van der Waals surface area contributed by atoms with Crippen molar-refractivity contribution in [3.63, 3.8) is 0 Å². The fourth-order valence-corrected chi connectivity index (χ4v) is 2.26. The fourth-order valence-electron chi connectivity index (χ4n) is 2.26. The van der Waals surface area contributed by atoms with Crippen molar-refractivity contribution in [3.8, 4) is 16.9 Å². The van der Waals surface area contributed by atoms with Gasteiger partial charge in [0.15, 0.2) is 11.6 Å². The van der Waals surface area contributed by atoms with E-state index in [1.165, 1.54) is 30.3 Å². The summed E-state index contributed by atoms with van der Waals surface area (Å²) >= 11 is 0. The summed E-state index contributed by atoms with van der Waals surface area (Å²) in [7, 11) is 0. The van der Waals surface area contributed by atoms with Gasteiger partial charge < -0.3 is 4.74 Å². The van der Waals surface area contributed by atoms with Crippen molar-refractivity contribution in [2.24, 2.45) is 0 Å². The average molecular weight is 314 g/mol. The van der Waals surface area contributed by atoms with E-state index in [9.17, 15) is 13.2 Å². The zero-order valence-corrected chi connectivity index (χ0v) is 12.1. The lowest BCUT2D eigenvalue weighted by atomic mass is 10.0. The van der Waals surface area contributed by atoms with Crippen LogP contribution in [0.2, 0.25) is 0 Å². The minimum Gasteiger partial charge on any atom is -0.489 e. The Kier molecular flexibility index (Phi) is 4.33. The monoisotopic (exact) mass is 314 g/mol. The molecule has 0 amide bonds. The van der Waals surface area contributed by atoms with Crippen LogP contribution in [0.4, 0.5) is 13.2 Å². The number of halogens is 3. The standard InChI is InChI=1S/C19H13F3O/c20-17-8-4-7-16(19(17)22)15-10-9-14(11-18(15)21)23-12-13-5-2-1-3-6-13/h1-11H,12H2. The van der Waals surface area contributed by atoms with Gasteiger partial charge >= 0.3 is 0 Å². The smallest absolute Gasteiger partial charge is 0.166 e. The van der Waals surface area contributed by atoms with E-state index >= 15 is 0 Å². The van der Waals surface area contributed by atoms with E-state index in [-0.39, 0.29) is 11.1 Å². The lowest BCUT2D eigenvalue weighted by Gasteiger charge is -2.09. The molecule has 0 aliphatic rings. The van der Waals surface area contributed by atoms with E-state index in [1.807, 2.05) is 30.3 Å². The first-order chi connectivity index (χ1) is 11.1. The van der Waals surface area contributed by atoms with Crippen LogP contribution in [0.5, 0.6) is 5.75 Å². The zero-order valence-electron chi connectivity index (χ0n) is 12.1. The van der Waals surface area contributed by atoms with Crippen LogP contribution in [0.3, 0.4) is 0 Å². The van der Waals surface area contributed by atoms with Crippen molar-refractivity contribution in [1.29, 1.82) is 0 Å². The van der Waals surface area contributed by atoms with Crippen LogP contribution >= 0.6 is 0 Å². The molecule has 23 heavy (non-hydrogen) atoms. The first-order valence-corrected chi connectivity index (χ1v) is 7.06. The number of hydrogen-bond donors (Lipinski definition) is 0. The molecule has 0 atom stereocenters. The Morgan fingerprint density at radius 1 is 0.696 bits per heavy atom. The maximum absolute atomic E-state index is 14.2. The third-order valence-corrected chi connectivity index (χ3v) is 3.43. The third kappa shape index (κ3) is 3.37. The average Bonchev–Trinajstić information content (AvgIpc) is 2.57. The minimum absolute atomic E-state index is 0.00550. The Bertz CT molecular complexity index is 816. The summed E-state index contributed by atoms with van der Waals surface area (Å²) in [6, 6.07) is 17.2. The SMILES string of the molecule is Fc1cc(OCc2ccccc2)ccc1-c1cccc(F)c1F. The van der Waals surface area contributed by atoms with Gasteiger partial charge in [0, 0.05) is 17.2 Å². The molecule has 0 radical (unpaired) electrons. The highest BCUT2D eigenvalue weighted by Gasteiger charge is 2.14. The molecule has 3 rings (SSSR count). The van der Waals surface area contributed by atoms with Gasteiger partial charge in [-0.3, -0.25) is 0 Å². The van der Waals surface area contributed by atoms with E-state index < -0.39 is 17.5 Å². The van der Waals surface area contributed by atoms with Gasteiger partial charge in [-0.25, -0.2) is 13.2 Å². The predicted molar refractivity (Wildman–Crippen MR) is 82.5 cm³/mol. The number of hydrogen-bond acceptors (Lipinski definition) is 1. The van der Waals surface area contributed by atoms with Gasteiger partial charge in [-0.15, -0.1) is 0 Å². The molecule has 3 aromatic carbocycles. The summed E-state index contributed by atoms with van der Waals surface area (Å²) in [5.41, 5.74) is 0.833. The summed E-state index contributed by atoms with van der Waals surface area (Å²) in [5.74, 6) is -2.41. The van der Waals surface area contributed by atoms with Crippen LogP contribution in [0, 0.1) is 17.5 Å². The van der Waals surface area contributed by atoms with Crippen LogP contribution in [-0.2, 0) is 6.61 Å². The van der Waals surface area contributed by atoms with E-state index in [2.05, 4.69) is 0 Å². The zero-order chi connectivity index (χ0) is 16.2. The van der Waals surface area contributed by atoms with Crippen LogP contribution in [0.1, 0.15) is 5.56 Å². The third-order valence-electron chi connectivity index (χ3n) is 3.43. The normalized spacial score (nSPS) is 10.6. The fraction of sp³-hybridized carbons (Fsp3) is 0.0526. The van der Waals surface area contributed by atoms with Crippen molar-refractivity contribution in [3.05, 3.63) is 89.7 Å². The Morgan fingerprint density at radius 3 is 2.22 bits per heavy atom. The van der Waals surface area contributed by atoms with Crippen LogP contribution in [-0.4, -0.2) is 0 Å². The molecule has 0 unspecified atom stereocenters. The van der Waals surface area contributed by atoms with Crippen molar-refractivity contribution >= 4 is 0 Å². The predicted octanol–water partition coefficient (Wildman–Crippen LogP) is 5.35. The molecule has 0 heterocycles. The largest absolute Gasteiger partial charge is 0.489 e. The summed E-state index contributed by atoms with van der Waals surface area (Å²) in [4.78, 5) is 0. The quantitative estimate of drug-likeness (QED) is 0.631. The van der Waals surface area contributed by atoms with Crippen molar-refractivity contribution in [2.75, 3.05) is 0 Å². The van der Waals surface area contributed by atoms with Gasteiger partial charge in [-0.2, -0.15) is 0 Å². The molecule has 0 spiro atoms. The molecule has 0 aliphatic carbocycles. The highest BCUT2D eigenvalue weighted by Crippen LogP contribution is 2.29. The van der Waals surface area contributed by atoms with Crippen LogP contribution in [0.15, 0.2) is 66.7 Å². The molecule has 0 aromatic heterocycles. The number of benzene rings is 3. The Balaban J connectivity index is 1.82. The van der Waals surface area contributed by atoms with Crippen molar-refractivity contribution in [2.45, 2.75) is 6.61 Å². The molecule has 0 N–H and O–H groups in total. The Morgan fingerprint density at radius 2 is 1.48 bits per heavy atom. The van der Waals surface area contributed by atoms with Gasteiger partial charge in [0.25, 0.3) is 0 Å². The maximum atomic E-state index is 14.2. The molecule has 4 heteroatoms. The second-order valence-corrected chi connectivity index (χ2v) is 5.02. The summed E-state index contributed by atoms with van der Waals surface area (Å²) in [6.45, 7) is 0.300. The number of ether oxygens (including phenoxy) is 1. The first kappa shape index (κ1) is 15.2. The van der Waals surface area contributed by atoms with E-state index in [4.69, 9.17) is 4.74 Å². The van der Waals surface area contributed by atoms with Crippen LogP contribution in [0.25, 0.3) is 11.1 Å². The Hall–Kier alpha value is -2.75. The highest BCUT2D eigenvalue weighted by atomic mass is 19.2. The van der Waals surface area contributed by atoms with Crippen LogP contribution < -0.4 is 4.74 Å². The topological polar surface area (TPSA) is 9.23 Å². The number of rotatable bonds is 4.